The highest BCUT2D eigenvalue weighted by Crippen LogP contribution is 2.53. The highest BCUT2D eigenvalue weighted by Gasteiger charge is 2.56. The van der Waals surface area contributed by atoms with Crippen molar-refractivity contribution < 1.29 is 19.1 Å². The van der Waals surface area contributed by atoms with Crippen LogP contribution < -0.4 is 9.77 Å². The molecule has 0 unspecified atom stereocenters. The van der Waals surface area contributed by atoms with Gasteiger partial charge in [-0.2, -0.15) is 0 Å². The third-order valence-corrected chi connectivity index (χ3v) is 8.30. The molecule has 1 saturated heterocycles. The van der Waals surface area contributed by atoms with Gasteiger partial charge in [0.05, 0.1) is 23.2 Å². The Morgan fingerprint density at radius 3 is 2.58 bits per heavy atom. The highest BCUT2D eigenvalue weighted by molar-refractivity contribution is 8.00. The Morgan fingerprint density at radius 2 is 1.88 bits per heavy atom. The number of thioether (sulfide) groups is 1. The van der Waals surface area contributed by atoms with E-state index in [2.05, 4.69) is 4.98 Å². The van der Waals surface area contributed by atoms with Gasteiger partial charge in [0, 0.05) is 23.2 Å². The van der Waals surface area contributed by atoms with Gasteiger partial charge in [0.25, 0.3) is 0 Å². The molecule has 0 N–H and O–H groups in total. The van der Waals surface area contributed by atoms with Gasteiger partial charge in [0.15, 0.2) is 0 Å². The molecule has 33 heavy (non-hydrogen) atoms. The largest absolute Gasteiger partial charge is 0.465 e. The summed E-state index contributed by atoms with van der Waals surface area (Å²) in [7, 11) is 0. The molecule has 4 heterocycles. The Hall–Kier alpha value is -3.24. The van der Waals surface area contributed by atoms with E-state index >= 15 is 0 Å². The summed E-state index contributed by atoms with van der Waals surface area (Å²) in [5.41, 5.74) is 1.26. The van der Waals surface area contributed by atoms with Crippen molar-refractivity contribution >= 4 is 46.6 Å². The second-order valence-electron chi connectivity index (χ2n) is 7.60. The van der Waals surface area contributed by atoms with Gasteiger partial charge in [-0.05, 0) is 30.7 Å². The summed E-state index contributed by atoms with van der Waals surface area (Å²) in [6.07, 6.45) is 3.29. The molecule has 10 heteroatoms. The average molecular weight is 482 g/mol. The Morgan fingerprint density at radius 1 is 1.09 bits per heavy atom. The number of benzene rings is 1. The van der Waals surface area contributed by atoms with Gasteiger partial charge in [0.2, 0.25) is 11.8 Å². The van der Waals surface area contributed by atoms with Gasteiger partial charge in [0.1, 0.15) is 11.8 Å². The predicted molar refractivity (Wildman–Crippen MR) is 123 cm³/mol. The fourth-order valence-corrected chi connectivity index (χ4v) is 7.11. The number of hydrogen-bond donors (Lipinski definition) is 0. The van der Waals surface area contributed by atoms with E-state index in [1.165, 1.54) is 21.2 Å². The normalized spacial score (nSPS) is 21.6. The summed E-state index contributed by atoms with van der Waals surface area (Å²) in [5, 5.41) is -0.193. The number of fused-ring (bicyclic) bond motifs is 2. The molecule has 3 aromatic rings. The molecule has 2 aliphatic rings. The van der Waals surface area contributed by atoms with Crippen LogP contribution in [0.25, 0.3) is 0 Å². The molecule has 5 rings (SSSR count). The van der Waals surface area contributed by atoms with Crippen LogP contribution in [0.5, 0.6) is 0 Å². The van der Waals surface area contributed by atoms with Crippen LogP contribution in [0.3, 0.4) is 0 Å². The van der Waals surface area contributed by atoms with Crippen molar-refractivity contribution in [3.05, 3.63) is 75.0 Å². The van der Waals surface area contributed by atoms with Crippen LogP contribution in [-0.4, -0.2) is 39.2 Å². The van der Waals surface area contributed by atoms with E-state index in [1.807, 2.05) is 12.1 Å². The van der Waals surface area contributed by atoms with E-state index in [-0.39, 0.29) is 29.8 Å². The number of ether oxygens (including phenoxy) is 1. The zero-order chi connectivity index (χ0) is 23.1. The lowest BCUT2D eigenvalue weighted by Gasteiger charge is -2.30. The number of amides is 2. The van der Waals surface area contributed by atoms with E-state index < -0.39 is 23.1 Å². The van der Waals surface area contributed by atoms with Gasteiger partial charge in [-0.15, -0.1) is 0 Å². The van der Waals surface area contributed by atoms with Crippen LogP contribution >= 0.6 is 23.1 Å². The standard InChI is InChI=1S/C23H19N3O5S2/c1-2-31-15(27)12-25-22-19(33-23(25)30)16(13-7-6-10-24-11-13)17-18(32-22)21(29)26(20(17)28)14-8-4-3-5-9-14/h3-11,16-18H,2,12H2,1H3/t16-,17-,18+/m0/s1. The molecule has 2 aliphatic heterocycles. The van der Waals surface area contributed by atoms with Gasteiger partial charge in [-0.1, -0.05) is 47.4 Å². The molecule has 1 fully saturated rings. The minimum Gasteiger partial charge on any atom is -0.465 e. The number of rotatable bonds is 5. The smallest absolute Gasteiger partial charge is 0.326 e. The van der Waals surface area contributed by atoms with Crippen molar-refractivity contribution in [3.63, 3.8) is 0 Å². The van der Waals surface area contributed by atoms with Crippen LogP contribution in [0.1, 0.15) is 23.3 Å². The third kappa shape index (κ3) is 3.59. The maximum atomic E-state index is 13.6. The first kappa shape index (κ1) is 21.6. The van der Waals surface area contributed by atoms with Crippen LogP contribution in [-0.2, 0) is 25.7 Å². The third-order valence-electron chi connectivity index (χ3n) is 5.70. The summed E-state index contributed by atoms with van der Waals surface area (Å²) >= 11 is 2.18. The topological polar surface area (TPSA) is 98.6 Å². The van der Waals surface area contributed by atoms with E-state index in [0.29, 0.717) is 15.6 Å². The molecule has 8 nitrogen and oxygen atoms in total. The van der Waals surface area contributed by atoms with Crippen molar-refractivity contribution in [3.8, 4) is 0 Å². The Kier molecular flexibility index (Phi) is 5.63. The lowest BCUT2D eigenvalue weighted by molar-refractivity contribution is -0.144. The number of nitrogens with zero attached hydrogens (tertiary/aromatic N) is 3. The van der Waals surface area contributed by atoms with E-state index in [0.717, 1.165) is 16.9 Å². The maximum absolute atomic E-state index is 13.6. The fraction of sp³-hybridized carbons (Fsp3) is 0.261. The lowest BCUT2D eigenvalue weighted by Crippen LogP contribution is -2.32. The first-order chi connectivity index (χ1) is 16.0. The van der Waals surface area contributed by atoms with Crippen molar-refractivity contribution in [1.29, 1.82) is 0 Å². The van der Waals surface area contributed by atoms with Crippen molar-refractivity contribution in [2.24, 2.45) is 5.92 Å². The Bertz CT molecular complexity index is 1290. The quantitative estimate of drug-likeness (QED) is 0.408. The maximum Gasteiger partial charge on any atom is 0.326 e. The lowest BCUT2D eigenvalue weighted by atomic mass is 9.84. The van der Waals surface area contributed by atoms with Crippen molar-refractivity contribution in [2.45, 2.75) is 29.7 Å². The Balaban J connectivity index is 1.64. The number of hydrogen-bond acceptors (Lipinski definition) is 8. The number of carbonyl (C=O) groups is 3. The Labute approximate surface area is 197 Å². The number of thiazole rings is 1. The second-order valence-corrected chi connectivity index (χ2v) is 9.73. The van der Waals surface area contributed by atoms with Crippen LogP contribution in [0, 0.1) is 5.92 Å². The van der Waals surface area contributed by atoms with Crippen LogP contribution in [0.2, 0.25) is 0 Å². The van der Waals surface area contributed by atoms with Crippen LogP contribution in [0.4, 0.5) is 5.69 Å². The first-order valence-electron chi connectivity index (χ1n) is 10.4. The summed E-state index contributed by atoms with van der Waals surface area (Å²) in [6.45, 7) is 1.66. The molecular weight excluding hydrogens is 462 g/mol. The van der Waals surface area contributed by atoms with E-state index in [9.17, 15) is 19.2 Å². The van der Waals surface area contributed by atoms with Gasteiger partial charge in [-0.25, -0.2) is 4.90 Å². The van der Waals surface area contributed by atoms with Crippen molar-refractivity contribution in [1.82, 2.24) is 9.55 Å². The number of carbonyl (C=O) groups excluding carboxylic acids is 3. The zero-order valence-electron chi connectivity index (χ0n) is 17.5. The molecule has 168 valence electrons. The number of para-hydroxylation sites is 1. The molecule has 1 aromatic carbocycles. The average Bonchev–Trinajstić information content (AvgIpc) is 3.26. The molecule has 2 aromatic heterocycles. The predicted octanol–water partition coefficient (Wildman–Crippen LogP) is 2.66. The summed E-state index contributed by atoms with van der Waals surface area (Å²) in [6, 6.07) is 12.4. The minimum atomic E-state index is -0.724. The molecule has 0 spiro atoms. The number of pyridine rings is 1. The zero-order valence-corrected chi connectivity index (χ0v) is 19.2. The molecule has 2 amide bonds. The molecule has 0 saturated carbocycles. The fourth-order valence-electron chi connectivity index (χ4n) is 4.34. The second kappa shape index (κ2) is 8.60. The SMILES string of the molecule is CCOC(=O)Cn1c2c(sc1=O)[C@@H](c1cccnc1)[C@@H]1C(=O)N(c3ccccc3)C(=O)[C@@H]1S2. The number of imide groups is 1. The number of anilines is 1. The van der Waals surface area contributed by atoms with Crippen molar-refractivity contribution in [2.75, 3.05) is 11.5 Å². The van der Waals surface area contributed by atoms with E-state index in [4.69, 9.17) is 4.74 Å². The van der Waals surface area contributed by atoms with Crippen LogP contribution in [0.15, 0.2) is 64.7 Å². The number of aromatic nitrogens is 2. The summed E-state index contributed by atoms with van der Waals surface area (Å²) < 4.78 is 6.38. The van der Waals surface area contributed by atoms with E-state index in [1.54, 1.807) is 49.6 Å². The van der Waals surface area contributed by atoms with Gasteiger partial charge < -0.3 is 4.74 Å². The van der Waals surface area contributed by atoms with Gasteiger partial charge in [-0.3, -0.25) is 28.7 Å². The molecular formula is C23H19N3O5S2. The summed E-state index contributed by atoms with van der Waals surface area (Å²) in [4.78, 5) is 57.9. The van der Waals surface area contributed by atoms with Gasteiger partial charge >= 0.3 is 10.8 Å². The first-order valence-corrected chi connectivity index (χ1v) is 12.1. The minimum absolute atomic E-state index is 0.203. The summed E-state index contributed by atoms with van der Waals surface area (Å²) in [5.74, 6) is -2.37. The molecule has 0 aliphatic carbocycles. The molecule has 3 atom stereocenters. The monoisotopic (exact) mass is 481 g/mol. The molecule has 0 radical (unpaired) electrons. The molecule has 0 bridgehead atoms. The number of esters is 1. The highest BCUT2D eigenvalue weighted by atomic mass is 32.2.